The van der Waals surface area contributed by atoms with Crippen LogP contribution in [0.2, 0.25) is 0 Å². The second kappa shape index (κ2) is 51.3. The Kier molecular flexibility index (Phi) is 45.0. The van der Waals surface area contributed by atoms with Gasteiger partial charge in [0.15, 0.2) is 62.2 Å². The first-order valence-corrected chi connectivity index (χ1v) is 48.2. The minimum absolute atomic E-state index is 0.642. The number of hydrogen-bond donors (Lipinski definition) is 15. The minimum atomic E-state index is -5.84. The van der Waals surface area contributed by atoms with Crippen LogP contribution < -0.4 is 0 Å². The van der Waals surface area contributed by atoms with Gasteiger partial charge in [-0.2, -0.15) is 16.8 Å². The van der Waals surface area contributed by atoms with E-state index < -0.39 is 384 Å². The number of aliphatic hydroxyl groups is 3. The van der Waals surface area contributed by atoms with Crippen LogP contribution in [0, 0.1) is 35.5 Å². The van der Waals surface area contributed by atoms with Gasteiger partial charge >= 0.3 is 20.8 Å². The van der Waals surface area contributed by atoms with E-state index >= 15 is 0 Å². The predicted molar refractivity (Wildman–Crippen MR) is 372 cm³/mol. The Morgan fingerprint density at radius 1 is 0.250 bits per heavy atom. The standard InChI is InChI=1S/C48H84O64S12/c1-15-29(49)39(101-123(72,73)74)31(51)45(85-15)81-11-25-22(8-82-46-38(98-110-120(66)67)27(35(19(5)88-46)95-107-117(60)61)13-84-47-40(99-111-121(68)69)30(50)36(20(6)89-47)96-108-118(62)63)33(93-105-115(56)57)17(3)86-43(25)79-10-24-23(9-83-48-42(100-112-122(70)71)41(102-124(75,76)77)37(21(7)90-48)97-109-119(64)65)34(94-106-116(58)59)18(4)87-44(24)80-12-26-28(91-103-113(52)53)14-78-16(2)32(26)92-104-114(54)55/h15-51,113-122H,8-14H2,1-7H3,(H,72,73,74)(H,75,76,77)/t15?,16?,17?,18?,19?,20?,21?,22-,23-,24?,25?,26-,27+,28?,29-,30+,31?,32-,33-,34-,35-,36-,37-,38?,39+,40?,41+,42?,43-,44-,45-,46-,47-,48-/m1/s1. The van der Waals surface area contributed by atoms with Crippen LogP contribution in [0.4, 0.5) is 0 Å². The molecule has 0 aromatic carbocycles. The second-order valence-corrected chi connectivity index (χ2v) is 34.5. The summed E-state index contributed by atoms with van der Waals surface area (Å²) in [6, 6.07) is 0. The first kappa shape index (κ1) is 109. The van der Waals surface area contributed by atoms with Crippen molar-refractivity contribution in [2.24, 2.45) is 35.5 Å². The second-order valence-electron chi connectivity index (χ2n) is 26.4. The zero-order chi connectivity index (χ0) is 92.1. The van der Waals surface area contributed by atoms with Gasteiger partial charge in [0.2, 0.25) is 0 Å². The van der Waals surface area contributed by atoms with Crippen LogP contribution in [0.25, 0.3) is 0 Å². The highest BCUT2D eigenvalue weighted by atomic mass is 32.3. The van der Waals surface area contributed by atoms with E-state index in [1.807, 2.05) is 0 Å². The summed E-state index contributed by atoms with van der Waals surface area (Å²) in [6.07, 6.45) is -57.6. The van der Waals surface area contributed by atoms with E-state index in [1.165, 1.54) is 6.92 Å². The molecule has 0 aromatic heterocycles. The van der Waals surface area contributed by atoms with E-state index in [0.717, 1.165) is 41.5 Å². The maximum atomic E-state index is 12.5. The van der Waals surface area contributed by atoms with Gasteiger partial charge in [-0.05, 0) is 48.5 Å². The Morgan fingerprint density at radius 2 is 0.516 bits per heavy atom. The van der Waals surface area contributed by atoms with Gasteiger partial charge in [-0.1, -0.05) is 0 Å². The van der Waals surface area contributed by atoms with Crippen molar-refractivity contribution >= 4 is 131 Å². The number of rotatable bonds is 52. The molecule has 0 aromatic rings. The third kappa shape index (κ3) is 33.5. The van der Waals surface area contributed by atoms with Gasteiger partial charge in [-0.15, -0.1) is 43.3 Å². The van der Waals surface area contributed by atoms with Crippen molar-refractivity contribution in [3.63, 3.8) is 0 Å². The lowest BCUT2D eigenvalue weighted by Gasteiger charge is -2.49. The molecule has 7 aliphatic rings. The maximum absolute atomic E-state index is 12.5. The average molecular weight is 2070 g/mol. The average Bonchev–Trinajstić information content (AvgIpc) is 0.779. The van der Waals surface area contributed by atoms with Crippen LogP contribution in [0.5, 0.6) is 0 Å². The molecule has 124 heavy (non-hydrogen) atoms. The molecule has 0 aliphatic carbocycles. The van der Waals surface area contributed by atoms with Crippen molar-refractivity contribution in [1.29, 1.82) is 0 Å². The number of aliphatic hydroxyl groups excluding tert-OH is 3. The van der Waals surface area contributed by atoms with Gasteiger partial charge in [-0.25, -0.2) is 141 Å². The van der Waals surface area contributed by atoms with Crippen molar-refractivity contribution in [3.05, 3.63) is 0 Å². The quantitative estimate of drug-likeness (QED) is 0.0116. The van der Waals surface area contributed by atoms with E-state index in [2.05, 4.69) is 47.5 Å². The van der Waals surface area contributed by atoms with Crippen molar-refractivity contribution < 1.29 is 288 Å². The largest absolute Gasteiger partial charge is 0.397 e. The molecule has 34 atom stereocenters. The molecule has 7 fully saturated rings. The summed E-state index contributed by atoms with van der Waals surface area (Å²) in [5.41, 5.74) is 0. The molecular formula is C48H84O64S12. The lowest BCUT2D eigenvalue weighted by atomic mass is 9.82. The molecule has 7 heterocycles. The molecule has 5 N–H and O–H groups in total. The lowest BCUT2D eigenvalue weighted by Crippen LogP contribution is -2.62. The smallest absolute Gasteiger partial charge is 0.388 e. The molecule has 7 rings (SSSR count). The summed E-state index contributed by atoms with van der Waals surface area (Å²) in [6.45, 7) is 0.116. The molecular weight excluding hydrogens is 1990 g/mol. The number of thiol groups is 10. The summed E-state index contributed by atoms with van der Waals surface area (Å²) in [5, 5.41) is 33.9. The third-order valence-corrected chi connectivity index (χ3v) is 21.7. The van der Waals surface area contributed by atoms with Gasteiger partial charge in [0.25, 0.3) is 110 Å². The fourth-order valence-electron chi connectivity index (χ4n) is 13.4. The van der Waals surface area contributed by atoms with Crippen molar-refractivity contribution in [1.82, 2.24) is 0 Å². The van der Waals surface area contributed by atoms with Crippen LogP contribution in [0.15, 0.2) is 0 Å². The molecule has 76 heteroatoms. The van der Waals surface area contributed by atoms with Gasteiger partial charge in [0.1, 0.15) is 67.1 Å². The van der Waals surface area contributed by atoms with Gasteiger partial charge in [-0.3, -0.25) is 9.11 Å². The number of hydrogen-bond acceptors (Lipinski definition) is 62. The van der Waals surface area contributed by atoms with Crippen LogP contribution in [0.3, 0.4) is 0 Å². The maximum Gasteiger partial charge on any atom is 0.397 e. The minimum Gasteiger partial charge on any atom is -0.388 e. The highest BCUT2D eigenvalue weighted by molar-refractivity contribution is 7.81. The summed E-state index contributed by atoms with van der Waals surface area (Å²) in [4.78, 5) is 50.8. The molecule has 0 bridgehead atoms. The SMILES string of the molecule is CC1O[C@@H](OCC2[C@H](OCC3[C@H](OC[C@@H]4C(OO[SH](=O)=O)COC(C)[C@H]4OO[SH](=O)=O)OC(C)[C@@H](OO[SH](=O)=O)[C@@H]3CO[C@@H]3OC(C)[C@@H](OO[SH](=O)=O)[C@H](OS(=O)(=O)O)C3OO[SH](=O)=O)OC(C)[C@@H](OO[SH](=O)=O)[C@@H]2CO[C@@H]2OC(C)[C@@H](OO[SH](=O)=O)[C@H](CO[C@@H]3OC(C)[C@@H](OO[SH](=O)=O)[C@H](O)C3OO[SH](=O)=O)C2OO[SH](=O)=O)C(O)[C@@H](OS(=O)(=O)O)[C@@H]1O. The molecule has 0 saturated carbocycles. The summed E-state index contributed by atoms with van der Waals surface area (Å²) in [7, 11) is -51.6. The van der Waals surface area contributed by atoms with Gasteiger partial charge in [0.05, 0.1) is 89.0 Å². The molecule has 14 unspecified atom stereocenters. The van der Waals surface area contributed by atoms with Crippen LogP contribution in [-0.2, 0) is 293 Å². The molecule has 0 spiro atoms. The molecule has 7 aliphatic heterocycles. The summed E-state index contributed by atoms with van der Waals surface area (Å²) >= 11 is 0. The van der Waals surface area contributed by atoms with Crippen molar-refractivity contribution in [2.75, 3.05) is 46.2 Å². The van der Waals surface area contributed by atoms with Crippen molar-refractivity contribution in [2.45, 2.75) is 220 Å². The monoisotopic (exact) mass is 2070 g/mol. The summed E-state index contributed by atoms with van der Waals surface area (Å²) in [5.74, 6) is -11.2. The normalized spacial score (nSPS) is 38.1. The Hall–Kier alpha value is -2.20. The Balaban J connectivity index is 1.40. The van der Waals surface area contributed by atoms with Crippen LogP contribution in [0.1, 0.15) is 48.5 Å². The van der Waals surface area contributed by atoms with E-state index in [9.17, 15) is 125 Å². The zero-order valence-corrected chi connectivity index (χ0v) is 73.8. The zero-order valence-electron chi connectivity index (χ0n) is 63.2. The fourth-order valence-corrected chi connectivity index (χ4v) is 16.2. The highest BCUT2D eigenvalue weighted by Gasteiger charge is 2.58. The van der Waals surface area contributed by atoms with E-state index in [1.54, 1.807) is 0 Å². The summed E-state index contributed by atoms with van der Waals surface area (Å²) < 4.78 is 439. The molecule has 732 valence electrons. The van der Waals surface area contributed by atoms with Gasteiger partial charge in [0, 0.05) is 35.5 Å². The Bertz CT molecular complexity index is 4370. The predicted octanol–water partition coefficient (Wildman–Crippen LogP) is -12.4. The molecule has 64 nitrogen and oxygen atoms in total. The molecule has 0 amide bonds. The topological polar surface area (TPSA) is 834 Å². The fraction of sp³-hybridized carbons (Fsp3) is 1.00. The van der Waals surface area contributed by atoms with Gasteiger partial charge < -0.3 is 76.9 Å². The first-order chi connectivity index (χ1) is 58.1. The Morgan fingerprint density at radius 3 is 0.927 bits per heavy atom. The van der Waals surface area contributed by atoms with Crippen LogP contribution >= 0.6 is 0 Å². The van der Waals surface area contributed by atoms with E-state index in [0.29, 0.717) is 0 Å². The lowest BCUT2D eigenvalue weighted by molar-refractivity contribution is -0.412. The molecule has 7 saturated heterocycles. The number of ether oxygens (including phenoxy) is 13. The molecule has 0 radical (unpaired) electrons. The van der Waals surface area contributed by atoms with Crippen LogP contribution in [-0.4, -0.2) is 344 Å². The van der Waals surface area contributed by atoms with E-state index in [4.69, 9.17) is 115 Å². The third-order valence-electron chi connectivity index (χ3n) is 18.7. The Labute approximate surface area is 716 Å². The van der Waals surface area contributed by atoms with E-state index in [-0.39, 0.29) is 0 Å². The highest BCUT2D eigenvalue weighted by Crippen LogP contribution is 2.43. The van der Waals surface area contributed by atoms with Crippen molar-refractivity contribution in [3.8, 4) is 0 Å². The first-order valence-electron chi connectivity index (χ1n) is 34.5.